The van der Waals surface area contributed by atoms with E-state index >= 15 is 0 Å². The van der Waals surface area contributed by atoms with Gasteiger partial charge in [0.05, 0.1) is 6.07 Å². The van der Waals surface area contributed by atoms with E-state index in [1.807, 2.05) is 11.8 Å². The van der Waals surface area contributed by atoms with Crippen LogP contribution in [-0.4, -0.2) is 25.1 Å². The van der Waals surface area contributed by atoms with Gasteiger partial charge in [0.25, 0.3) is 0 Å². The molecule has 0 aromatic heterocycles. The standard InChI is InChI=1S/C8H16N2S/c1-11-8-3-2-6-10-7-4-5-9/h10H,2-4,6-8H2,1H3. The van der Waals surface area contributed by atoms with Crippen molar-refractivity contribution in [2.24, 2.45) is 0 Å². The number of nitrogens with one attached hydrogen (secondary N) is 1. The molecule has 0 aliphatic rings. The molecule has 0 bridgehead atoms. The third-order valence-electron chi connectivity index (χ3n) is 1.37. The maximum Gasteiger partial charge on any atom is 0.0635 e. The second-order valence-corrected chi connectivity index (χ2v) is 3.34. The molecule has 64 valence electrons. The Balaban J connectivity index is 2.75. The van der Waals surface area contributed by atoms with E-state index in [2.05, 4.69) is 17.6 Å². The molecule has 0 aromatic carbocycles. The highest BCUT2D eigenvalue weighted by atomic mass is 32.2. The van der Waals surface area contributed by atoms with Crippen molar-refractivity contribution >= 4 is 11.8 Å². The summed E-state index contributed by atoms with van der Waals surface area (Å²) in [5, 5.41) is 11.4. The minimum absolute atomic E-state index is 0.628. The number of nitriles is 1. The van der Waals surface area contributed by atoms with Crippen LogP contribution in [0.4, 0.5) is 0 Å². The predicted molar refractivity (Wildman–Crippen MR) is 50.7 cm³/mol. The molecule has 0 saturated carbocycles. The van der Waals surface area contributed by atoms with Crippen LogP contribution in [0.3, 0.4) is 0 Å². The maximum absolute atomic E-state index is 8.21. The van der Waals surface area contributed by atoms with Crippen molar-refractivity contribution in [3.05, 3.63) is 0 Å². The van der Waals surface area contributed by atoms with Gasteiger partial charge in [0.1, 0.15) is 0 Å². The van der Waals surface area contributed by atoms with E-state index in [9.17, 15) is 0 Å². The Morgan fingerprint density at radius 3 is 2.82 bits per heavy atom. The number of unbranched alkanes of at least 4 members (excludes halogenated alkanes) is 1. The van der Waals surface area contributed by atoms with E-state index in [0.29, 0.717) is 6.42 Å². The molecule has 0 radical (unpaired) electrons. The fraction of sp³-hybridized carbons (Fsp3) is 0.875. The summed E-state index contributed by atoms with van der Waals surface area (Å²) in [5.74, 6) is 1.25. The van der Waals surface area contributed by atoms with Crippen LogP contribution in [-0.2, 0) is 0 Å². The molecule has 0 amide bonds. The van der Waals surface area contributed by atoms with Crippen molar-refractivity contribution in [3.63, 3.8) is 0 Å². The summed E-state index contributed by atoms with van der Waals surface area (Å²) in [6.45, 7) is 1.90. The summed E-state index contributed by atoms with van der Waals surface area (Å²) < 4.78 is 0. The lowest BCUT2D eigenvalue weighted by molar-refractivity contribution is 0.650. The average molecular weight is 172 g/mol. The molecule has 0 unspecified atom stereocenters. The summed E-state index contributed by atoms with van der Waals surface area (Å²) in [4.78, 5) is 0. The van der Waals surface area contributed by atoms with Crippen LogP contribution in [0.2, 0.25) is 0 Å². The highest BCUT2D eigenvalue weighted by Crippen LogP contribution is 1.97. The quantitative estimate of drug-likeness (QED) is 0.593. The molecule has 2 nitrogen and oxygen atoms in total. The molecule has 0 saturated heterocycles. The molecule has 3 heteroatoms. The van der Waals surface area contributed by atoms with Crippen molar-refractivity contribution < 1.29 is 0 Å². The Morgan fingerprint density at radius 1 is 1.36 bits per heavy atom. The summed E-state index contributed by atoms with van der Waals surface area (Å²) in [6.07, 6.45) is 5.26. The van der Waals surface area contributed by atoms with Gasteiger partial charge < -0.3 is 5.32 Å². The first-order valence-corrected chi connectivity index (χ1v) is 5.38. The van der Waals surface area contributed by atoms with Gasteiger partial charge >= 0.3 is 0 Å². The minimum Gasteiger partial charge on any atom is -0.316 e. The van der Waals surface area contributed by atoms with Gasteiger partial charge in [0.15, 0.2) is 0 Å². The van der Waals surface area contributed by atoms with Crippen LogP contribution in [0.25, 0.3) is 0 Å². The molecule has 1 N–H and O–H groups in total. The van der Waals surface area contributed by atoms with E-state index in [1.165, 1.54) is 18.6 Å². The third-order valence-corrected chi connectivity index (χ3v) is 2.06. The molecule has 0 rings (SSSR count). The summed E-state index contributed by atoms with van der Waals surface area (Å²) in [5.41, 5.74) is 0. The SMILES string of the molecule is CSCCCCNCCC#N. The lowest BCUT2D eigenvalue weighted by Gasteiger charge is -2.00. The minimum atomic E-state index is 0.628. The molecule has 0 spiro atoms. The smallest absolute Gasteiger partial charge is 0.0635 e. The van der Waals surface area contributed by atoms with Crippen molar-refractivity contribution in [2.45, 2.75) is 19.3 Å². The molecule has 0 aliphatic carbocycles. The highest BCUT2D eigenvalue weighted by molar-refractivity contribution is 7.98. The lowest BCUT2D eigenvalue weighted by Crippen LogP contribution is -2.16. The van der Waals surface area contributed by atoms with Crippen LogP contribution >= 0.6 is 11.8 Å². The first-order valence-electron chi connectivity index (χ1n) is 3.98. The zero-order valence-electron chi connectivity index (χ0n) is 7.10. The van der Waals surface area contributed by atoms with Crippen molar-refractivity contribution in [3.8, 4) is 6.07 Å². The average Bonchev–Trinajstić information content (AvgIpc) is 2.03. The van der Waals surface area contributed by atoms with Gasteiger partial charge in [-0.3, -0.25) is 0 Å². The van der Waals surface area contributed by atoms with Crippen molar-refractivity contribution in [1.82, 2.24) is 5.32 Å². The van der Waals surface area contributed by atoms with E-state index in [0.717, 1.165) is 13.1 Å². The van der Waals surface area contributed by atoms with Crippen LogP contribution in [0.1, 0.15) is 19.3 Å². The van der Waals surface area contributed by atoms with Gasteiger partial charge in [-0.15, -0.1) is 0 Å². The van der Waals surface area contributed by atoms with E-state index in [4.69, 9.17) is 5.26 Å². The highest BCUT2D eigenvalue weighted by Gasteiger charge is 1.87. The van der Waals surface area contributed by atoms with Crippen molar-refractivity contribution in [2.75, 3.05) is 25.1 Å². The number of thioether (sulfide) groups is 1. The molecule has 0 heterocycles. The molecule has 0 aliphatic heterocycles. The number of nitrogens with zero attached hydrogens (tertiary/aromatic N) is 1. The lowest BCUT2D eigenvalue weighted by atomic mass is 10.3. The molecular weight excluding hydrogens is 156 g/mol. The van der Waals surface area contributed by atoms with E-state index < -0.39 is 0 Å². The Kier molecular flexibility index (Phi) is 9.62. The Hall–Kier alpha value is -0.200. The molecule has 0 fully saturated rings. The Labute approximate surface area is 73.4 Å². The molecule has 11 heavy (non-hydrogen) atoms. The van der Waals surface area contributed by atoms with Crippen LogP contribution in [0.15, 0.2) is 0 Å². The molecule has 0 atom stereocenters. The number of hydrogen-bond donors (Lipinski definition) is 1. The van der Waals surface area contributed by atoms with Gasteiger partial charge in [0.2, 0.25) is 0 Å². The summed E-state index contributed by atoms with van der Waals surface area (Å²) >= 11 is 1.89. The second kappa shape index (κ2) is 9.80. The first-order chi connectivity index (χ1) is 5.41. The first kappa shape index (κ1) is 10.8. The second-order valence-electron chi connectivity index (χ2n) is 2.36. The fourth-order valence-corrected chi connectivity index (χ4v) is 1.26. The Bertz CT molecular complexity index is 109. The molecular formula is C8H16N2S. The van der Waals surface area contributed by atoms with Gasteiger partial charge in [-0.05, 0) is 31.4 Å². The zero-order chi connectivity index (χ0) is 8.36. The third kappa shape index (κ3) is 9.80. The Morgan fingerprint density at radius 2 is 2.18 bits per heavy atom. The van der Waals surface area contributed by atoms with Crippen LogP contribution in [0, 0.1) is 11.3 Å². The van der Waals surface area contributed by atoms with Crippen LogP contribution in [0.5, 0.6) is 0 Å². The predicted octanol–water partition coefficient (Wildman–Crippen LogP) is 1.63. The summed E-state index contributed by atoms with van der Waals surface area (Å²) in [6, 6.07) is 2.10. The maximum atomic E-state index is 8.21. The monoisotopic (exact) mass is 172 g/mol. The number of rotatable bonds is 7. The van der Waals surface area contributed by atoms with E-state index in [-0.39, 0.29) is 0 Å². The van der Waals surface area contributed by atoms with Gasteiger partial charge in [0, 0.05) is 13.0 Å². The van der Waals surface area contributed by atoms with Crippen molar-refractivity contribution in [1.29, 1.82) is 5.26 Å². The largest absolute Gasteiger partial charge is 0.316 e. The van der Waals surface area contributed by atoms with E-state index in [1.54, 1.807) is 0 Å². The molecule has 0 aromatic rings. The zero-order valence-corrected chi connectivity index (χ0v) is 7.91. The van der Waals surface area contributed by atoms with Gasteiger partial charge in [-0.2, -0.15) is 17.0 Å². The fourth-order valence-electron chi connectivity index (χ4n) is 0.766. The summed E-state index contributed by atoms with van der Waals surface area (Å²) in [7, 11) is 0. The normalized spacial score (nSPS) is 9.45. The van der Waals surface area contributed by atoms with Crippen LogP contribution < -0.4 is 5.32 Å². The van der Waals surface area contributed by atoms with Gasteiger partial charge in [-0.25, -0.2) is 0 Å². The number of hydrogen-bond acceptors (Lipinski definition) is 3. The van der Waals surface area contributed by atoms with Gasteiger partial charge in [-0.1, -0.05) is 0 Å². The topological polar surface area (TPSA) is 35.8 Å².